The first kappa shape index (κ1) is 12.5. The lowest BCUT2D eigenvalue weighted by molar-refractivity contribution is 0.121. The van der Waals surface area contributed by atoms with Crippen molar-refractivity contribution < 1.29 is 13.5 Å². The Balaban J connectivity index is 1.96. The minimum Gasteiger partial charge on any atom is -0.392 e. The second-order valence-electron chi connectivity index (χ2n) is 4.14. The number of thiophene rings is 1. The molecule has 1 fully saturated rings. The molecule has 0 aromatic carbocycles. The summed E-state index contributed by atoms with van der Waals surface area (Å²) in [5.41, 5.74) is 0. The molecule has 0 radical (unpaired) electrons. The molecule has 6 heteroatoms. The average Bonchev–Trinajstić information content (AvgIpc) is 2.72. The summed E-state index contributed by atoms with van der Waals surface area (Å²) in [4.78, 5) is 1.09. The number of sulfone groups is 1. The molecule has 2 unspecified atom stereocenters. The molecule has 16 heavy (non-hydrogen) atoms. The minimum atomic E-state index is -2.89. The molecule has 0 saturated carbocycles. The van der Waals surface area contributed by atoms with E-state index in [4.69, 9.17) is 0 Å². The van der Waals surface area contributed by atoms with Gasteiger partial charge in [0.2, 0.25) is 0 Å². The maximum atomic E-state index is 11.3. The second kappa shape index (κ2) is 4.76. The van der Waals surface area contributed by atoms with E-state index in [9.17, 15) is 13.5 Å². The largest absolute Gasteiger partial charge is 0.392 e. The third-order valence-electron chi connectivity index (χ3n) is 2.85. The van der Waals surface area contributed by atoms with Gasteiger partial charge in [-0.1, -0.05) is 0 Å². The molecule has 2 atom stereocenters. The van der Waals surface area contributed by atoms with Crippen LogP contribution in [0.1, 0.15) is 11.3 Å². The SMILES string of the molecule is O=S1(=O)CCC(C(O)Cc2ccc(Br)s2)C1. The number of aliphatic hydroxyl groups excluding tert-OH is 1. The van der Waals surface area contributed by atoms with Gasteiger partial charge in [-0.3, -0.25) is 0 Å². The van der Waals surface area contributed by atoms with Gasteiger partial charge in [0.05, 0.1) is 21.4 Å². The van der Waals surface area contributed by atoms with Crippen LogP contribution in [-0.4, -0.2) is 31.1 Å². The molecule has 1 saturated heterocycles. The van der Waals surface area contributed by atoms with Crippen LogP contribution in [0.25, 0.3) is 0 Å². The predicted molar refractivity (Wildman–Crippen MR) is 68.5 cm³/mol. The van der Waals surface area contributed by atoms with Gasteiger partial charge in [0, 0.05) is 17.2 Å². The van der Waals surface area contributed by atoms with Gasteiger partial charge in [-0.15, -0.1) is 11.3 Å². The molecule has 1 aliphatic heterocycles. The van der Waals surface area contributed by atoms with Crippen LogP contribution in [0.3, 0.4) is 0 Å². The normalized spacial score (nSPS) is 25.8. The molecule has 1 aromatic heterocycles. The van der Waals surface area contributed by atoms with E-state index in [0.29, 0.717) is 12.8 Å². The third-order valence-corrected chi connectivity index (χ3v) is 6.29. The van der Waals surface area contributed by atoms with Gasteiger partial charge in [0.15, 0.2) is 9.84 Å². The summed E-state index contributed by atoms with van der Waals surface area (Å²) in [6, 6.07) is 3.90. The predicted octanol–water partition coefficient (Wildman–Crippen LogP) is 1.85. The van der Waals surface area contributed by atoms with Crippen LogP contribution in [0.5, 0.6) is 0 Å². The van der Waals surface area contributed by atoms with Gasteiger partial charge in [-0.05, 0) is 34.5 Å². The molecule has 1 N–H and O–H groups in total. The molecule has 0 bridgehead atoms. The zero-order chi connectivity index (χ0) is 11.8. The van der Waals surface area contributed by atoms with Gasteiger partial charge in [0.1, 0.15) is 0 Å². The van der Waals surface area contributed by atoms with E-state index in [1.807, 2.05) is 12.1 Å². The Bertz CT molecular complexity index is 466. The highest BCUT2D eigenvalue weighted by Crippen LogP contribution is 2.27. The molecule has 1 aliphatic rings. The average molecular weight is 325 g/mol. The fourth-order valence-corrected chi connectivity index (χ4v) is 5.36. The standard InChI is InChI=1S/C10H13BrO3S2/c11-10-2-1-8(15-10)5-9(12)7-3-4-16(13,14)6-7/h1-2,7,9,12H,3-6H2. The Hall–Kier alpha value is 0.0900. The van der Waals surface area contributed by atoms with Crippen LogP contribution in [0, 0.1) is 5.92 Å². The first-order valence-electron chi connectivity index (χ1n) is 5.09. The molecule has 0 aliphatic carbocycles. The smallest absolute Gasteiger partial charge is 0.150 e. The summed E-state index contributed by atoms with van der Waals surface area (Å²) < 4.78 is 23.6. The highest BCUT2D eigenvalue weighted by Gasteiger charge is 2.32. The van der Waals surface area contributed by atoms with Crippen molar-refractivity contribution >= 4 is 37.1 Å². The van der Waals surface area contributed by atoms with Crippen LogP contribution in [0.15, 0.2) is 15.9 Å². The maximum Gasteiger partial charge on any atom is 0.150 e. The second-order valence-corrected chi connectivity index (χ2v) is 8.92. The lowest BCUT2D eigenvalue weighted by atomic mass is 9.99. The Kier molecular flexibility index (Phi) is 3.73. The highest BCUT2D eigenvalue weighted by atomic mass is 79.9. The van der Waals surface area contributed by atoms with Gasteiger partial charge in [-0.25, -0.2) is 8.42 Å². The highest BCUT2D eigenvalue weighted by molar-refractivity contribution is 9.11. The summed E-state index contributed by atoms with van der Waals surface area (Å²) in [7, 11) is -2.89. The fourth-order valence-electron chi connectivity index (χ4n) is 1.96. The molecule has 0 amide bonds. The van der Waals surface area contributed by atoms with E-state index >= 15 is 0 Å². The van der Waals surface area contributed by atoms with E-state index in [1.165, 1.54) is 0 Å². The fraction of sp³-hybridized carbons (Fsp3) is 0.600. The number of hydrogen-bond acceptors (Lipinski definition) is 4. The van der Waals surface area contributed by atoms with Gasteiger partial charge in [-0.2, -0.15) is 0 Å². The van der Waals surface area contributed by atoms with E-state index in [-0.39, 0.29) is 17.4 Å². The van der Waals surface area contributed by atoms with Crippen molar-refractivity contribution in [3.8, 4) is 0 Å². The zero-order valence-corrected chi connectivity index (χ0v) is 11.8. The summed E-state index contributed by atoms with van der Waals surface area (Å²) in [5.74, 6) is 0.273. The molecular formula is C10H13BrO3S2. The Morgan fingerprint density at radius 1 is 1.56 bits per heavy atom. The van der Waals surface area contributed by atoms with Crippen LogP contribution < -0.4 is 0 Å². The van der Waals surface area contributed by atoms with Crippen LogP contribution in [0.2, 0.25) is 0 Å². The van der Waals surface area contributed by atoms with E-state index < -0.39 is 15.9 Å². The van der Waals surface area contributed by atoms with E-state index in [2.05, 4.69) is 15.9 Å². The molecule has 1 aromatic rings. The molecule has 90 valence electrons. The van der Waals surface area contributed by atoms with Crippen LogP contribution >= 0.6 is 27.3 Å². The van der Waals surface area contributed by atoms with Crippen molar-refractivity contribution in [3.63, 3.8) is 0 Å². The first-order chi connectivity index (χ1) is 7.46. The van der Waals surface area contributed by atoms with Gasteiger partial charge in [0.25, 0.3) is 0 Å². The summed E-state index contributed by atoms with van der Waals surface area (Å²) in [6.45, 7) is 0. The summed E-state index contributed by atoms with van der Waals surface area (Å²) >= 11 is 4.95. The van der Waals surface area contributed by atoms with Crippen LogP contribution in [0.4, 0.5) is 0 Å². The van der Waals surface area contributed by atoms with Crippen LogP contribution in [-0.2, 0) is 16.3 Å². The van der Waals surface area contributed by atoms with E-state index in [0.717, 1.165) is 8.66 Å². The lowest BCUT2D eigenvalue weighted by Crippen LogP contribution is -2.23. The topological polar surface area (TPSA) is 54.4 Å². The molecule has 2 rings (SSSR count). The molecule has 3 nitrogen and oxygen atoms in total. The van der Waals surface area contributed by atoms with Crippen molar-refractivity contribution in [2.24, 2.45) is 5.92 Å². The van der Waals surface area contributed by atoms with Crippen molar-refractivity contribution in [2.45, 2.75) is 18.9 Å². The quantitative estimate of drug-likeness (QED) is 0.923. The Labute approximate surface area is 108 Å². The van der Waals surface area contributed by atoms with Gasteiger partial charge >= 0.3 is 0 Å². The number of rotatable bonds is 3. The Morgan fingerprint density at radius 3 is 2.81 bits per heavy atom. The molecule has 0 spiro atoms. The summed E-state index contributed by atoms with van der Waals surface area (Å²) in [5, 5.41) is 9.97. The first-order valence-corrected chi connectivity index (χ1v) is 8.52. The van der Waals surface area contributed by atoms with Crippen molar-refractivity contribution in [1.82, 2.24) is 0 Å². The maximum absolute atomic E-state index is 11.3. The Morgan fingerprint density at radius 2 is 2.31 bits per heavy atom. The lowest BCUT2D eigenvalue weighted by Gasteiger charge is -2.15. The number of halogens is 1. The van der Waals surface area contributed by atoms with Gasteiger partial charge < -0.3 is 5.11 Å². The van der Waals surface area contributed by atoms with Crippen molar-refractivity contribution in [1.29, 1.82) is 0 Å². The van der Waals surface area contributed by atoms with Crippen molar-refractivity contribution in [3.05, 3.63) is 20.8 Å². The minimum absolute atomic E-state index is 0.0918. The van der Waals surface area contributed by atoms with E-state index in [1.54, 1.807) is 11.3 Å². The number of aliphatic hydroxyl groups is 1. The third kappa shape index (κ3) is 3.06. The monoisotopic (exact) mass is 324 g/mol. The zero-order valence-electron chi connectivity index (χ0n) is 8.60. The molecule has 2 heterocycles. The van der Waals surface area contributed by atoms with Crippen molar-refractivity contribution in [2.75, 3.05) is 11.5 Å². The summed E-state index contributed by atoms with van der Waals surface area (Å²) in [6.07, 6.45) is 0.606. The molecular weight excluding hydrogens is 312 g/mol. The number of hydrogen-bond donors (Lipinski definition) is 1.